The highest BCUT2D eigenvalue weighted by Gasteiger charge is 2.24. The molecule has 2 N–H and O–H groups in total. The Morgan fingerprint density at radius 1 is 1.30 bits per heavy atom. The average molecular weight is 337 g/mol. The van der Waals surface area contributed by atoms with Crippen LogP contribution in [0, 0.1) is 13.8 Å². The first-order valence-corrected chi connectivity index (χ1v) is 9.20. The number of aryl methyl sites for hydroxylation is 2. The highest BCUT2D eigenvalue weighted by Crippen LogP contribution is 2.19. The minimum absolute atomic E-state index is 0.253. The van der Waals surface area contributed by atoms with Crippen molar-refractivity contribution in [1.29, 1.82) is 0 Å². The molecule has 3 rings (SSSR count). The molecule has 0 radical (unpaired) electrons. The molecule has 8 nitrogen and oxygen atoms in total. The second-order valence-corrected chi connectivity index (χ2v) is 7.87. The van der Waals surface area contributed by atoms with Gasteiger partial charge in [0.2, 0.25) is 15.0 Å². The zero-order valence-corrected chi connectivity index (χ0v) is 14.1. The predicted molar refractivity (Wildman–Crippen MR) is 83.8 cm³/mol. The van der Waals surface area contributed by atoms with E-state index in [1.165, 1.54) is 0 Å². The molecular weight excluding hydrogens is 318 g/mol. The summed E-state index contributed by atoms with van der Waals surface area (Å²) < 4.78 is 23.1. The van der Waals surface area contributed by atoms with Crippen LogP contribution in [0.15, 0.2) is 9.95 Å². The van der Waals surface area contributed by atoms with E-state index in [2.05, 4.69) is 25.1 Å². The molecule has 1 aliphatic heterocycles. The summed E-state index contributed by atoms with van der Waals surface area (Å²) in [5, 5.41) is 6.89. The number of nitrogens with zero attached hydrogens (tertiary/aromatic N) is 3. The first kappa shape index (κ1) is 15.9. The summed E-state index contributed by atoms with van der Waals surface area (Å²) in [5.41, 5.74) is 3.85. The molecule has 0 fully saturated rings. The van der Waals surface area contributed by atoms with Gasteiger partial charge in [-0.15, -0.1) is 0 Å². The molecule has 0 amide bonds. The van der Waals surface area contributed by atoms with Crippen LogP contribution in [0.25, 0.3) is 0 Å². The number of fused-ring (bicyclic) bond motifs is 1. The van der Waals surface area contributed by atoms with Crippen molar-refractivity contribution in [3.63, 3.8) is 0 Å². The van der Waals surface area contributed by atoms with Gasteiger partial charge < -0.3 is 0 Å². The quantitative estimate of drug-likeness (QED) is 0.767. The Bertz CT molecular complexity index is 893. The largest absolute Gasteiger partial charge is 0.297 e. The van der Waals surface area contributed by atoms with Gasteiger partial charge in [0.15, 0.2) is 0 Å². The van der Waals surface area contributed by atoms with Gasteiger partial charge in [-0.05, 0) is 13.8 Å². The van der Waals surface area contributed by atoms with E-state index in [0.29, 0.717) is 30.8 Å². The van der Waals surface area contributed by atoms with Crippen molar-refractivity contribution in [2.24, 2.45) is 0 Å². The Hall–Kier alpha value is -2.00. The van der Waals surface area contributed by atoms with Crippen LogP contribution in [0.4, 0.5) is 0 Å². The maximum absolute atomic E-state index is 12.2. The van der Waals surface area contributed by atoms with Gasteiger partial charge in [0.1, 0.15) is 0 Å². The molecule has 0 unspecified atom stereocenters. The highest BCUT2D eigenvalue weighted by atomic mass is 32.2. The number of rotatable bonds is 3. The molecule has 0 saturated carbocycles. The Morgan fingerprint density at radius 2 is 2.04 bits per heavy atom. The molecule has 3 heterocycles. The third-order valence-corrected chi connectivity index (χ3v) is 5.04. The van der Waals surface area contributed by atoms with E-state index in [-0.39, 0.29) is 10.7 Å². The van der Waals surface area contributed by atoms with Crippen LogP contribution in [-0.2, 0) is 29.3 Å². The number of aromatic amines is 2. The molecular formula is C14H19N5O3S. The SMILES string of the molecule is Cc1n[nH]c(C)c1CN1CCc2nc(S(C)(=O)=O)[nH]c(=O)c2C1. The first-order chi connectivity index (χ1) is 10.8. The highest BCUT2D eigenvalue weighted by molar-refractivity contribution is 7.90. The van der Waals surface area contributed by atoms with E-state index in [9.17, 15) is 13.2 Å². The molecule has 0 aromatic carbocycles. The first-order valence-electron chi connectivity index (χ1n) is 7.30. The lowest BCUT2D eigenvalue weighted by Gasteiger charge is -2.27. The lowest BCUT2D eigenvalue weighted by Crippen LogP contribution is -2.36. The van der Waals surface area contributed by atoms with Crippen LogP contribution >= 0.6 is 0 Å². The molecule has 0 bridgehead atoms. The lowest BCUT2D eigenvalue weighted by molar-refractivity contribution is 0.240. The number of hydrogen-bond donors (Lipinski definition) is 2. The topological polar surface area (TPSA) is 112 Å². The van der Waals surface area contributed by atoms with Crippen molar-refractivity contribution < 1.29 is 8.42 Å². The standard InChI is InChI=1S/C14H19N5O3S/c1-8-10(9(2)18-17-8)6-19-5-4-12-11(7-19)13(20)16-14(15-12)23(3,21)22/h4-7H2,1-3H3,(H,17,18)(H,15,16,20). The zero-order valence-electron chi connectivity index (χ0n) is 13.3. The fourth-order valence-corrected chi connectivity index (χ4v) is 3.35. The van der Waals surface area contributed by atoms with Gasteiger partial charge in [0.25, 0.3) is 5.56 Å². The Kier molecular flexibility index (Phi) is 3.85. The number of aromatic nitrogens is 4. The predicted octanol–water partition coefficient (Wildman–Crippen LogP) is 0.0716. The molecule has 2 aromatic rings. The summed E-state index contributed by atoms with van der Waals surface area (Å²) in [5.74, 6) is 0. The van der Waals surface area contributed by atoms with E-state index in [1.54, 1.807) is 0 Å². The van der Waals surface area contributed by atoms with Crippen LogP contribution in [-0.4, -0.2) is 46.3 Å². The molecule has 124 valence electrons. The van der Waals surface area contributed by atoms with Gasteiger partial charge in [-0.1, -0.05) is 0 Å². The molecule has 0 saturated heterocycles. The third kappa shape index (κ3) is 3.06. The molecule has 9 heteroatoms. The smallest absolute Gasteiger partial charge is 0.256 e. The summed E-state index contributed by atoms with van der Waals surface area (Å²) in [6.45, 7) is 5.78. The minimum atomic E-state index is -3.52. The van der Waals surface area contributed by atoms with Crippen LogP contribution in [0.3, 0.4) is 0 Å². The van der Waals surface area contributed by atoms with Crippen LogP contribution in [0.2, 0.25) is 0 Å². The van der Waals surface area contributed by atoms with E-state index in [1.807, 2.05) is 13.8 Å². The van der Waals surface area contributed by atoms with Crippen molar-refractivity contribution in [3.05, 3.63) is 38.6 Å². The van der Waals surface area contributed by atoms with Crippen molar-refractivity contribution in [2.75, 3.05) is 12.8 Å². The van der Waals surface area contributed by atoms with Gasteiger partial charge in [-0.2, -0.15) is 5.10 Å². The average Bonchev–Trinajstić information content (AvgIpc) is 2.78. The summed E-state index contributed by atoms with van der Waals surface area (Å²) in [6.07, 6.45) is 1.59. The van der Waals surface area contributed by atoms with Crippen molar-refractivity contribution in [3.8, 4) is 0 Å². The van der Waals surface area contributed by atoms with Crippen LogP contribution in [0.1, 0.15) is 28.2 Å². The maximum atomic E-state index is 12.2. The molecule has 1 aliphatic rings. The molecule has 23 heavy (non-hydrogen) atoms. The summed E-state index contributed by atoms with van der Waals surface area (Å²) in [6, 6.07) is 0. The number of hydrogen-bond acceptors (Lipinski definition) is 6. The number of sulfone groups is 1. The fraction of sp³-hybridized carbons (Fsp3) is 0.500. The van der Waals surface area contributed by atoms with Crippen LogP contribution in [0.5, 0.6) is 0 Å². The van der Waals surface area contributed by atoms with E-state index < -0.39 is 9.84 Å². The molecule has 0 atom stereocenters. The number of nitrogens with one attached hydrogen (secondary N) is 2. The summed E-state index contributed by atoms with van der Waals surface area (Å²) in [7, 11) is -3.52. The number of H-pyrrole nitrogens is 2. The second-order valence-electron chi connectivity index (χ2n) is 5.94. The monoisotopic (exact) mass is 337 g/mol. The van der Waals surface area contributed by atoms with Gasteiger partial charge >= 0.3 is 0 Å². The normalized spacial score (nSPS) is 15.6. The van der Waals surface area contributed by atoms with E-state index in [0.717, 1.165) is 29.8 Å². The molecule has 2 aromatic heterocycles. The Balaban J connectivity index is 1.88. The zero-order chi connectivity index (χ0) is 16.8. The van der Waals surface area contributed by atoms with Gasteiger partial charge in [-0.3, -0.25) is 19.8 Å². The second kappa shape index (κ2) is 5.57. The molecule has 0 aliphatic carbocycles. The lowest BCUT2D eigenvalue weighted by atomic mass is 10.1. The Labute approximate surface area is 133 Å². The fourth-order valence-electron chi connectivity index (χ4n) is 2.80. The maximum Gasteiger partial charge on any atom is 0.256 e. The minimum Gasteiger partial charge on any atom is -0.297 e. The third-order valence-electron chi connectivity index (χ3n) is 4.14. The van der Waals surface area contributed by atoms with E-state index >= 15 is 0 Å². The summed E-state index contributed by atoms with van der Waals surface area (Å²) in [4.78, 5) is 20.9. The Morgan fingerprint density at radius 3 is 2.65 bits per heavy atom. The van der Waals surface area contributed by atoms with Crippen LogP contribution < -0.4 is 5.56 Å². The van der Waals surface area contributed by atoms with Crippen molar-refractivity contribution in [1.82, 2.24) is 25.1 Å². The van der Waals surface area contributed by atoms with Gasteiger partial charge in [0.05, 0.1) is 17.0 Å². The summed E-state index contributed by atoms with van der Waals surface area (Å²) >= 11 is 0. The van der Waals surface area contributed by atoms with Crippen molar-refractivity contribution >= 4 is 9.84 Å². The van der Waals surface area contributed by atoms with Gasteiger partial charge in [-0.25, -0.2) is 13.4 Å². The van der Waals surface area contributed by atoms with Gasteiger partial charge in [0, 0.05) is 43.6 Å². The van der Waals surface area contributed by atoms with E-state index in [4.69, 9.17) is 0 Å². The molecule has 0 spiro atoms. The van der Waals surface area contributed by atoms with Crippen molar-refractivity contribution in [2.45, 2.75) is 38.5 Å².